The van der Waals surface area contributed by atoms with E-state index in [0.717, 1.165) is 18.3 Å². The quantitative estimate of drug-likeness (QED) is 0.537. The van der Waals surface area contributed by atoms with E-state index in [1.165, 1.54) is 13.8 Å². The second kappa shape index (κ2) is 7.72. The zero-order valence-electron chi connectivity index (χ0n) is 16.3. The lowest BCUT2D eigenvalue weighted by molar-refractivity contribution is -0.138. The third-order valence-corrected chi connectivity index (χ3v) is 4.64. The largest absolute Gasteiger partial charge is 0.417 e. The Bertz CT molecular complexity index is 853. The van der Waals surface area contributed by atoms with Crippen LogP contribution in [0.3, 0.4) is 0 Å². The first-order valence-corrected chi connectivity index (χ1v) is 8.83. The summed E-state index contributed by atoms with van der Waals surface area (Å²) in [7, 11) is 0. The Kier molecular flexibility index (Phi) is 6.11. The summed E-state index contributed by atoms with van der Waals surface area (Å²) in [5.74, 6) is -0.583. The van der Waals surface area contributed by atoms with Gasteiger partial charge in [0.25, 0.3) is 0 Å². The normalized spacial score (nSPS) is 13.9. The molecule has 0 saturated heterocycles. The summed E-state index contributed by atoms with van der Waals surface area (Å²) in [6, 6.07) is 2.03. The molecule has 0 aromatic carbocycles. The van der Waals surface area contributed by atoms with Gasteiger partial charge in [-0.25, -0.2) is 0 Å². The maximum absolute atomic E-state index is 13.4. The fraction of sp³-hybridized carbons (Fsp3) is 0.500. The summed E-state index contributed by atoms with van der Waals surface area (Å²) >= 11 is 0. The Morgan fingerprint density at radius 1 is 0.893 bits per heavy atom. The molecule has 1 atom stereocenters. The van der Waals surface area contributed by atoms with Crippen molar-refractivity contribution in [3.8, 4) is 0 Å². The van der Waals surface area contributed by atoms with Crippen LogP contribution in [0.2, 0.25) is 0 Å². The molecule has 0 aliphatic rings. The van der Waals surface area contributed by atoms with E-state index < -0.39 is 29.4 Å². The van der Waals surface area contributed by atoms with Crippen LogP contribution < -0.4 is 0 Å². The summed E-state index contributed by atoms with van der Waals surface area (Å²) in [6.07, 6.45) is -8.10. The van der Waals surface area contributed by atoms with Crippen LogP contribution in [-0.4, -0.2) is 9.97 Å². The summed E-state index contributed by atoms with van der Waals surface area (Å²) < 4.78 is 78.6. The van der Waals surface area contributed by atoms with Crippen molar-refractivity contribution in [1.82, 2.24) is 9.97 Å². The predicted octanol–water partition coefficient (Wildman–Crippen LogP) is 6.60. The Labute approximate surface area is 160 Å². The van der Waals surface area contributed by atoms with Crippen LogP contribution in [0.15, 0.2) is 18.3 Å². The minimum atomic E-state index is -4.50. The van der Waals surface area contributed by atoms with Crippen molar-refractivity contribution in [2.45, 2.75) is 65.2 Å². The molecular weight excluding hydrogens is 382 g/mol. The number of aryl methyl sites for hydroxylation is 1. The molecule has 2 nitrogen and oxygen atoms in total. The van der Waals surface area contributed by atoms with Gasteiger partial charge in [-0.05, 0) is 49.4 Å². The topological polar surface area (TPSA) is 25.8 Å². The van der Waals surface area contributed by atoms with Crippen molar-refractivity contribution < 1.29 is 26.3 Å². The van der Waals surface area contributed by atoms with E-state index in [2.05, 4.69) is 9.97 Å². The van der Waals surface area contributed by atoms with Crippen molar-refractivity contribution >= 4 is 0 Å². The zero-order chi connectivity index (χ0) is 21.4. The van der Waals surface area contributed by atoms with E-state index in [9.17, 15) is 26.3 Å². The number of alkyl halides is 6. The average molecular weight is 404 g/mol. The lowest BCUT2D eigenvalue weighted by Crippen LogP contribution is -2.15. The van der Waals surface area contributed by atoms with Crippen LogP contribution in [0.5, 0.6) is 0 Å². The molecule has 154 valence electrons. The van der Waals surface area contributed by atoms with Gasteiger partial charge in [0, 0.05) is 29.2 Å². The Morgan fingerprint density at radius 2 is 1.50 bits per heavy atom. The van der Waals surface area contributed by atoms with E-state index in [0.29, 0.717) is 17.0 Å². The van der Waals surface area contributed by atoms with Crippen molar-refractivity contribution in [3.63, 3.8) is 0 Å². The molecule has 0 N–H and O–H groups in total. The van der Waals surface area contributed by atoms with Crippen LogP contribution in [0.25, 0.3) is 0 Å². The summed E-state index contributed by atoms with van der Waals surface area (Å²) in [6.45, 7) is 8.16. The molecule has 0 fully saturated rings. The van der Waals surface area contributed by atoms with Gasteiger partial charge in [0.2, 0.25) is 0 Å². The van der Waals surface area contributed by atoms with Gasteiger partial charge >= 0.3 is 12.4 Å². The monoisotopic (exact) mass is 404 g/mol. The van der Waals surface area contributed by atoms with Gasteiger partial charge < -0.3 is 0 Å². The minimum absolute atomic E-state index is 0.0998. The molecule has 28 heavy (non-hydrogen) atoms. The highest BCUT2D eigenvalue weighted by molar-refractivity contribution is 5.36. The van der Waals surface area contributed by atoms with Crippen LogP contribution >= 0.6 is 0 Å². The number of hydrogen-bond donors (Lipinski definition) is 0. The Hall–Kier alpha value is -2.12. The summed E-state index contributed by atoms with van der Waals surface area (Å²) in [4.78, 5) is 8.31. The maximum Gasteiger partial charge on any atom is 0.417 e. The average Bonchev–Trinajstić information content (AvgIpc) is 2.53. The number of rotatable bonds is 4. The molecule has 0 aliphatic carbocycles. The van der Waals surface area contributed by atoms with Crippen LogP contribution in [0, 0.1) is 13.8 Å². The molecule has 1 unspecified atom stereocenters. The molecule has 8 heteroatoms. The van der Waals surface area contributed by atoms with E-state index >= 15 is 0 Å². The molecule has 2 aromatic rings. The predicted molar refractivity (Wildman–Crippen MR) is 94.2 cm³/mol. The SMILES string of the molecule is Cc1cc(C(F)(F)F)cnc1C(C)Cc1cc(C(F)(F)F)c(C)c(C(C)C)n1. The molecule has 0 spiro atoms. The minimum Gasteiger partial charge on any atom is -0.260 e. The number of hydrogen-bond acceptors (Lipinski definition) is 2. The van der Waals surface area contributed by atoms with Crippen molar-refractivity contribution in [2.75, 3.05) is 0 Å². The van der Waals surface area contributed by atoms with E-state index in [1.54, 1.807) is 20.8 Å². The lowest BCUT2D eigenvalue weighted by Gasteiger charge is -2.20. The Morgan fingerprint density at radius 3 is 1.96 bits per heavy atom. The van der Waals surface area contributed by atoms with Gasteiger partial charge in [-0.15, -0.1) is 0 Å². The molecule has 0 aliphatic heterocycles. The summed E-state index contributed by atoms with van der Waals surface area (Å²) in [5.41, 5.74) is -0.113. The molecule has 2 aromatic heterocycles. The zero-order valence-corrected chi connectivity index (χ0v) is 16.3. The molecule has 0 amide bonds. The van der Waals surface area contributed by atoms with Gasteiger partial charge in [-0.2, -0.15) is 26.3 Å². The van der Waals surface area contributed by atoms with Crippen molar-refractivity contribution in [2.24, 2.45) is 0 Å². The van der Waals surface area contributed by atoms with E-state index in [-0.39, 0.29) is 23.6 Å². The van der Waals surface area contributed by atoms with Crippen LogP contribution in [0.4, 0.5) is 26.3 Å². The maximum atomic E-state index is 13.4. The van der Waals surface area contributed by atoms with Gasteiger partial charge in [0.15, 0.2) is 0 Å². The second-order valence-electron chi connectivity index (χ2n) is 7.35. The molecule has 0 saturated carbocycles. The number of halogens is 6. The van der Waals surface area contributed by atoms with Crippen LogP contribution in [0.1, 0.15) is 71.9 Å². The first kappa shape index (κ1) is 22.2. The fourth-order valence-electron chi connectivity index (χ4n) is 3.31. The molecule has 2 heterocycles. The van der Waals surface area contributed by atoms with Gasteiger partial charge in [-0.1, -0.05) is 20.8 Å². The Balaban J connectivity index is 2.41. The van der Waals surface area contributed by atoms with Crippen LogP contribution in [-0.2, 0) is 18.8 Å². The van der Waals surface area contributed by atoms with Crippen molar-refractivity contribution in [1.29, 1.82) is 0 Å². The van der Waals surface area contributed by atoms with Crippen molar-refractivity contribution in [3.05, 3.63) is 57.7 Å². The smallest absolute Gasteiger partial charge is 0.260 e. The first-order valence-electron chi connectivity index (χ1n) is 8.83. The molecular formula is C20H22F6N2. The third kappa shape index (κ3) is 4.83. The lowest BCUT2D eigenvalue weighted by atomic mass is 9.93. The highest BCUT2D eigenvalue weighted by Crippen LogP contribution is 2.36. The van der Waals surface area contributed by atoms with E-state index in [1.807, 2.05) is 0 Å². The van der Waals surface area contributed by atoms with Gasteiger partial charge in [0.1, 0.15) is 0 Å². The second-order valence-corrected chi connectivity index (χ2v) is 7.35. The summed E-state index contributed by atoms with van der Waals surface area (Å²) in [5, 5.41) is 0. The fourth-order valence-corrected chi connectivity index (χ4v) is 3.31. The first-order chi connectivity index (χ1) is 12.7. The number of pyridine rings is 2. The third-order valence-electron chi connectivity index (χ3n) is 4.64. The standard InChI is InChI=1S/C20H22F6N2/c1-10(2)17-13(5)16(20(24,25)26)8-15(28-17)7-12(4)18-11(3)6-14(9-27-18)19(21,22)23/h6,8-10,12H,7H2,1-5H3. The molecule has 2 rings (SSSR count). The molecule has 0 radical (unpaired) electrons. The highest BCUT2D eigenvalue weighted by atomic mass is 19.4. The number of aromatic nitrogens is 2. The van der Waals surface area contributed by atoms with Gasteiger partial charge in [-0.3, -0.25) is 9.97 Å². The highest BCUT2D eigenvalue weighted by Gasteiger charge is 2.35. The van der Waals surface area contributed by atoms with E-state index in [4.69, 9.17) is 0 Å². The van der Waals surface area contributed by atoms with Gasteiger partial charge in [0.05, 0.1) is 11.1 Å². The number of nitrogens with zero attached hydrogens (tertiary/aromatic N) is 2. The molecule has 0 bridgehead atoms.